The molecule has 1 N–H and O–H groups in total. The smallest absolute Gasteiger partial charge is 0.271 e. The van der Waals surface area contributed by atoms with E-state index in [-0.39, 0.29) is 17.4 Å². The molecule has 32 heavy (non-hydrogen) atoms. The molecule has 0 bridgehead atoms. The van der Waals surface area contributed by atoms with Crippen molar-refractivity contribution in [3.05, 3.63) is 80.6 Å². The first-order valence-electron chi connectivity index (χ1n) is 10.8. The number of aryl methyl sites for hydroxylation is 3. The molecule has 166 valence electrons. The number of hydrogen-bond acceptors (Lipinski definition) is 4. The fourth-order valence-electron chi connectivity index (χ4n) is 3.94. The molecule has 0 spiro atoms. The van der Waals surface area contributed by atoms with Crippen molar-refractivity contribution < 1.29 is 4.79 Å². The van der Waals surface area contributed by atoms with Gasteiger partial charge in [-0.25, -0.2) is 0 Å². The lowest BCUT2D eigenvalue weighted by molar-refractivity contribution is -0.120. The third-order valence-corrected chi connectivity index (χ3v) is 6.43. The predicted molar refractivity (Wildman–Crippen MR) is 129 cm³/mol. The highest BCUT2D eigenvalue weighted by atomic mass is 35.5. The molecule has 1 fully saturated rings. The Bertz CT molecular complexity index is 1210. The zero-order valence-corrected chi connectivity index (χ0v) is 19.3. The van der Waals surface area contributed by atoms with Crippen LogP contribution < -0.4 is 15.8 Å². The first-order valence-corrected chi connectivity index (χ1v) is 11.2. The fraction of sp³-hybridized carbons (Fsp3) is 0.320. The maximum atomic E-state index is 12.8. The Morgan fingerprint density at radius 2 is 1.72 bits per heavy atom. The van der Waals surface area contributed by atoms with Crippen LogP contribution in [0.5, 0.6) is 0 Å². The van der Waals surface area contributed by atoms with Gasteiger partial charge in [-0.15, -0.1) is 5.10 Å². The quantitative estimate of drug-likeness (QED) is 0.627. The summed E-state index contributed by atoms with van der Waals surface area (Å²) in [5, 5.41) is 8.25. The summed E-state index contributed by atoms with van der Waals surface area (Å²) in [6, 6.07) is 14.8. The van der Waals surface area contributed by atoms with Gasteiger partial charge in [0, 0.05) is 35.8 Å². The van der Waals surface area contributed by atoms with E-state index in [1.165, 1.54) is 10.7 Å². The number of hydrogen-bond donors (Lipinski definition) is 1. The number of benzene rings is 2. The third-order valence-electron chi connectivity index (χ3n) is 6.03. The van der Waals surface area contributed by atoms with Gasteiger partial charge in [0.05, 0.1) is 5.69 Å². The molecule has 0 aliphatic carbocycles. The molecule has 1 aromatic heterocycles. The molecule has 7 heteroatoms. The minimum Gasteiger partial charge on any atom is -0.355 e. The van der Waals surface area contributed by atoms with Crippen molar-refractivity contribution in [2.75, 3.05) is 23.3 Å². The van der Waals surface area contributed by atoms with Crippen molar-refractivity contribution in [1.82, 2.24) is 9.78 Å². The van der Waals surface area contributed by atoms with Crippen molar-refractivity contribution in [2.45, 2.75) is 33.6 Å². The Morgan fingerprint density at radius 1 is 1.00 bits per heavy atom. The van der Waals surface area contributed by atoms with Gasteiger partial charge in [0.2, 0.25) is 5.91 Å². The Balaban J connectivity index is 1.45. The second-order valence-corrected chi connectivity index (χ2v) is 8.85. The van der Waals surface area contributed by atoms with Crippen molar-refractivity contribution in [1.29, 1.82) is 0 Å². The molecule has 4 rings (SSSR count). The van der Waals surface area contributed by atoms with Gasteiger partial charge in [-0.3, -0.25) is 9.59 Å². The van der Waals surface area contributed by atoms with E-state index < -0.39 is 0 Å². The van der Waals surface area contributed by atoms with Crippen LogP contribution in [0.1, 0.15) is 29.5 Å². The highest BCUT2D eigenvalue weighted by molar-refractivity contribution is 6.31. The number of nitrogens with one attached hydrogen (secondary N) is 1. The Kier molecular flexibility index (Phi) is 6.33. The second-order valence-electron chi connectivity index (χ2n) is 8.44. The van der Waals surface area contributed by atoms with Gasteiger partial charge < -0.3 is 10.2 Å². The van der Waals surface area contributed by atoms with Gasteiger partial charge in [-0.1, -0.05) is 29.8 Å². The number of halogens is 1. The van der Waals surface area contributed by atoms with Gasteiger partial charge in [-0.05, 0) is 74.6 Å². The molecular weight excluding hydrogens is 424 g/mol. The van der Waals surface area contributed by atoms with E-state index in [2.05, 4.69) is 15.3 Å². The van der Waals surface area contributed by atoms with Gasteiger partial charge in [0.25, 0.3) is 5.56 Å². The SMILES string of the molecule is Cc1ccc(C)c(NC(=O)C2CCN(c3ccc(=O)n(-c4ccc(C)c(Cl)c4)n3)CC2)c1. The van der Waals surface area contributed by atoms with Crippen molar-refractivity contribution >= 4 is 29.0 Å². The maximum absolute atomic E-state index is 12.8. The summed E-state index contributed by atoms with van der Waals surface area (Å²) in [5.41, 5.74) is 4.43. The van der Waals surface area contributed by atoms with Crippen molar-refractivity contribution in [3.8, 4) is 5.69 Å². The highest BCUT2D eigenvalue weighted by Crippen LogP contribution is 2.25. The van der Waals surface area contributed by atoms with E-state index in [1.807, 2.05) is 51.1 Å². The summed E-state index contributed by atoms with van der Waals surface area (Å²) >= 11 is 6.24. The molecule has 2 aromatic carbocycles. The minimum atomic E-state index is -0.212. The molecule has 6 nitrogen and oxygen atoms in total. The number of aromatic nitrogens is 2. The largest absolute Gasteiger partial charge is 0.355 e. The zero-order chi connectivity index (χ0) is 22.8. The van der Waals surface area contributed by atoms with Crippen LogP contribution in [0.4, 0.5) is 11.5 Å². The Hall–Kier alpha value is -3.12. The first-order chi connectivity index (χ1) is 15.3. The van der Waals surface area contributed by atoms with Crippen LogP contribution in [0.25, 0.3) is 5.69 Å². The van der Waals surface area contributed by atoms with E-state index in [1.54, 1.807) is 12.1 Å². The van der Waals surface area contributed by atoms with E-state index >= 15 is 0 Å². The van der Waals surface area contributed by atoms with Crippen LogP contribution in [0, 0.1) is 26.7 Å². The molecule has 3 aromatic rings. The maximum Gasteiger partial charge on any atom is 0.271 e. The molecular formula is C25H27ClN4O2. The van der Waals surface area contributed by atoms with Gasteiger partial charge >= 0.3 is 0 Å². The number of anilines is 2. The molecule has 1 aliphatic heterocycles. The Morgan fingerprint density at radius 3 is 2.44 bits per heavy atom. The summed E-state index contributed by atoms with van der Waals surface area (Å²) in [5.74, 6) is 0.730. The molecule has 1 saturated heterocycles. The molecule has 0 radical (unpaired) electrons. The number of nitrogens with zero attached hydrogens (tertiary/aromatic N) is 3. The van der Waals surface area contributed by atoms with E-state index in [0.29, 0.717) is 23.8 Å². The predicted octanol–water partition coefficient (Wildman–Crippen LogP) is 4.67. The van der Waals surface area contributed by atoms with Crippen molar-refractivity contribution in [3.63, 3.8) is 0 Å². The zero-order valence-electron chi connectivity index (χ0n) is 18.6. The number of piperidine rings is 1. The summed E-state index contributed by atoms with van der Waals surface area (Å²) in [6.07, 6.45) is 1.46. The normalized spacial score (nSPS) is 14.4. The van der Waals surface area contributed by atoms with Crippen LogP contribution in [0.15, 0.2) is 53.3 Å². The van der Waals surface area contributed by atoms with Crippen LogP contribution in [-0.4, -0.2) is 28.8 Å². The minimum absolute atomic E-state index is 0.0482. The fourth-order valence-corrected chi connectivity index (χ4v) is 4.12. The summed E-state index contributed by atoms with van der Waals surface area (Å²) in [7, 11) is 0. The van der Waals surface area contributed by atoms with Crippen LogP contribution in [0.3, 0.4) is 0 Å². The van der Waals surface area contributed by atoms with Gasteiger partial charge in [0.15, 0.2) is 0 Å². The third kappa shape index (κ3) is 4.70. The number of carbonyl (C=O) groups excluding carboxylic acids is 1. The molecule has 0 saturated carbocycles. The lowest BCUT2D eigenvalue weighted by atomic mass is 9.95. The monoisotopic (exact) mass is 450 g/mol. The number of carbonyl (C=O) groups is 1. The van der Waals surface area contributed by atoms with Crippen LogP contribution in [-0.2, 0) is 4.79 Å². The van der Waals surface area contributed by atoms with Crippen LogP contribution in [0.2, 0.25) is 5.02 Å². The average molecular weight is 451 g/mol. The lowest BCUT2D eigenvalue weighted by Crippen LogP contribution is -2.39. The highest BCUT2D eigenvalue weighted by Gasteiger charge is 2.26. The number of amides is 1. The molecule has 1 aliphatic rings. The molecule has 0 atom stereocenters. The van der Waals surface area contributed by atoms with Crippen LogP contribution >= 0.6 is 11.6 Å². The second kappa shape index (κ2) is 9.17. The lowest BCUT2D eigenvalue weighted by Gasteiger charge is -2.32. The Labute approximate surface area is 192 Å². The van der Waals surface area contributed by atoms with E-state index in [0.717, 1.165) is 41.0 Å². The molecule has 1 amide bonds. The summed E-state index contributed by atoms with van der Waals surface area (Å²) in [4.78, 5) is 27.3. The number of rotatable bonds is 4. The van der Waals surface area contributed by atoms with Gasteiger partial charge in [-0.2, -0.15) is 4.68 Å². The summed E-state index contributed by atoms with van der Waals surface area (Å²) in [6.45, 7) is 7.33. The molecule has 2 heterocycles. The van der Waals surface area contributed by atoms with E-state index in [9.17, 15) is 9.59 Å². The van der Waals surface area contributed by atoms with Crippen molar-refractivity contribution in [2.24, 2.45) is 5.92 Å². The standard InChI is InChI=1S/C25H27ClN4O2/c1-16-4-5-18(3)22(14-16)27-25(32)19-10-12-29(13-11-19)23-8-9-24(31)30(28-23)20-7-6-17(2)21(26)15-20/h4-9,14-15,19H,10-13H2,1-3H3,(H,27,32). The van der Waals surface area contributed by atoms with Gasteiger partial charge in [0.1, 0.15) is 5.82 Å². The molecule has 0 unspecified atom stereocenters. The first kappa shape index (κ1) is 22.1. The average Bonchev–Trinajstić information content (AvgIpc) is 2.78. The topological polar surface area (TPSA) is 67.2 Å². The van der Waals surface area contributed by atoms with E-state index in [4.69, 9.17) is 11.6 Å². The summed E-state index contributed by atoms with van der Waals surface area (Å²) < 4.78 is 1.37.